The van der Waals surface area contributed by atoms with Gasteiger partial charge in [0.2, 0.25) is 0 Å². The molecule has 3 N–H and O–H groups in total. The lowest BCUT2D eigenvalue weighted by atomic mass is 10.2. The smallest absolute Gasteiger partial charge is 0.329 e. The number of hydrogen-bond acceptors (Lipinski definition) is 7. The van der Waals surface area contributed by atoms with E-state index in [1.165, 1.54) is 13.3 Å². The molecule has 0 unspecified atom stereocenters. The molecule has 0 aliphatic rings. The average Bonchev–Trinajstić information content (AvgIpc) is 2.81. The maximum atomic E-state index is 12.2. The fourth-order valence-corrected chi connectivity index (χ4v) is 3.27. The molecule has 0 aromatic heterocycles. The highest BCUT2D eigenvalue weighted by Gasteiger charge is 2.12. The SMILES string of the molecule is COc1cc(/C=N\NC(=O)C(=O)NCCCOC(C)C)ccc1OCC(=O)Nc1cc(Cl)cc(Cl)c1. The molecule has 0 spiro atoms. The topological polar surface area (TPSA) is 127 Å². The van der Waals surface area contributed by atoms with Gasteiger partial charge in [-0.1, -0.05) is 23.2 Å². The molecule has 194 valence electrons. The van der Waals surface area contributed by atoms with Gasteiger partial charge in [0.1, 0.15) is 0 Å². The molecule has 12 heteroatoms. The first-order valence-corrected chi connectivity index (χ1v) is 11.7. The van der Waals surface area contributed by atoms with Crippen LogP contribution in [0.5, 0.6) is 11.5 Å². The van der Waals surface area contributed by atoms with Gasteiger partial charge in [0.05, 0.1) is 19.4 Å². The highest BCUT2D eigenvalue weighted by Crippen LogP contribution is 2.28. The van der Waals surface area contributed by atoms with Crippen molar-refractivity contribution >= 4 is 52.8 Å². The second-order valence-electron chi connectivity index (χ2n) is 7.63. The number of carbonyl (C=O) groups excluding carboxylic acids is 3. The van der Waals surface area contributed by atoms with Crippen molar-refractivity contribution in [3.63, 3.8) is 0 Å². The number of ether oxygens (including phenoxy) is 3. The van der Waals surface area contributed by atoms with E-state index in [0.717, 1.165) is 0 Å². The van der Waals surface area contributed by atoms with E-state index in [9.17, 15) is 14.4 Å². The third-order valence-electron chi connectivity index (χ3n) is 4.34. The van der Waals surface area contributed by atoms with Gasteiger partial charge in [-0.15, -0.1) is 0 Å². The van der Waals surface area contributed by atoms with Gasteiger partial charge in [-0.05, 0) is 62.2 Å². The Morgan fingerprint density at radius 3 is 2.42 bits per heavy atom. The fraction of sp³-hybridized carbons (Fsp3) is 0.333. The molecule has 10 nitrogen and oxygen atoms in total. The summed E-state index contributed by atoms with van der Waals surface area (Å²) in [5.74, 6) is -1.45. The van der Waals surface area contributed by atoms with E-state index in [1.54, 1.807) is 36.4 Å². The lowest BCUT2D eigenvalue weighted by Gasteiger charge is -2.12. The summed E-state index contributed by atoms with van der Waals surface area (Å²) in [7, 11) is 1.44. The van der Waals surface area contributed by atoms with Crippen molar-refractivity contribution in [2.24, 2.45) is 5.10 Å². The molecule has 2 rings (SSSR count). The van der Waals surface area contributed by atoms with Gasteiger partial charge >= 0.3 is 11.8 Å². The van der Waals surface area contributed by atoms with E-state index in [2.05, 4.69) is 21.2 Å². The molecular formula is C24H28Cl2N4O6. The maximum Gasteiger partial charge on any atom is 0.329 e. The minimum absolute atomic E-state index is 0.108. The first-order chi connectivity index (χ1) is 17.2. The second kappa shape index (κ2) is 14.9. The van der Waals surface area contributed by atoms with Crippen LogP contribution in [0.4, 0.5) is 5.69 Å². The average molecular weight is 539 g/mol. The number of amides is 3. The van der Waals surface area contributed by atoms with Crippen LogP contribution in [0.25, 0.3) is 0 Å². The summed E-state index contributed by atoms with van der Waals surface area (Å²) in [5.41, 5.74) is 3.16. The summed E-state index contributed by atoms with van der Waals surface area (Å²) >= 11 is 11.9. The van der Waals surface area contributed by atoms with E-state index >= 15 is 0 Å². The fourth-order valence-electron chi connectivity index (χ4n) is 2.74. The Balaban J connectivity index is 1.83. The maximum absolute atomic E-state index is 12.2. The summed E-state index contributed by atoms with van der Waals surface area (Å²) in [6, 6.07) is 9.48. The van der Waals surface area contributed by atoms with Crippen LogP contribution in [0.2, 0.25) is 10.0 Å². The first kappa shape index (κ1) is 28.9. The highest BCUT2D eigenvalue weighted by molar-refractivity contribution is 6.35. The first-order valence-electron chi connectivity index (χ1n) is 11.0. The number of carbonyl (C=O) groups is 3. The quantitative estimate of drug-likeness (QED) is 0.164. The van der Waals surface area contributed by atoms with E-state index < -0.39 is 17.7 Å². The zero-order chi connectivity index (χ0) is 26.5. The number of rotatable bonds is 12. The molecule has 2 aromatic rings. The minimum Gasteiger partial charge on any atom is -0.493 e. The molecule has 0 bridgehead atoms. The Hall–Kier alpha value is -3.34. The van der Waals surface area contributed by atoms with Gasteiger partial charge in [0, 0.05) is 28.9 Å². The Bertz CT molecular complexity index is 1070. The predicted molar refractivity (Wildman–Crippen MR) is 138 cm³/mol. The van der Waals surface area contributed by atoms with Crippen LogP contribution in [0.1, 0.15) is 25.8 Å². The summed E-state index contributed by atoms with van der Waals surface area (Å²) in [6.45, 7) is 4.34. The molecule has 3 amide bonds. The number of anilines is 1. The number of hydrazone groups is 1. The Kier molecular flexibility index (Phi) is 12.0. The van der Waals surface area contributed by atoms with Gasteiger partial charge in [0.15, 0.2) is 18.1 Å². The molecular weight excluding hydrogens is 511 g/mol. The van der Waals surface area contributed by atoms with Crippen molar-refractivity contribution in [1.82, 2.24) is 10.7 Å². The summed E-state index contributed by atoms with van der Waals surface area (Å²) in [4.78, 5) is 35.8. The highest BCUT2D eigenvalue weighted by atomic mass is 35.5. The van der Waals surface area contributed by atoms with Gasteiger partial charge in [0.25, 0.3) is 5.91 Å². The van der Waals surface area contributed by atoms with Gasteiger partial charge in [-0.2, -0.15) is 5.10 Å². The predicted octanol–water partition coefficient (Wildman–Crippen LogP) is 3.40. The minimum atomic E-state index is -0.894. The monoisotopic (exact) mass is 538 g/mol. The number of nitrogens with zero attached hydrogens (tertiary/aromatic N) is 1. The molecule has 0 saturated carbocycles. The molecule has 0 aliphatic carbocycles. The Morgan fingerprint density at radius 2 is 1.75 bits per heavy atom. The second-order valence-corrected chi connectivity index (χ2v) is 8.51. The molecule has 36 heavy (non-hydrogen) atoms. The zero-order valence-corrected chi connectivity index (χ0v) is 21.6. The Morgan fingerprint density at radius 1 is 1.03 bits per heavy atom. The lowest BCUT2D eigenvalue weighted by molar-refractivity contribution is -0.139. The number of methoxy groups -OCH3 is 1. The zero-order valence-electron chi connectivity index (χ0n) is 20.1. The standard InChI is InChI=1S/C24H28Cl2N4O6/c1-15(2)35-8-4-7-27-23(32)24(33)30-28-13-16-5-6-20(21(9-16)34-3)36-14-22(31)29-19-11-17(25)10-18(26)12-19/h5-6,9-13,15H,4,7-8,14H2,1-3H3,(H,27,32)(H,29,31)(H,30,33)/b28-13-. The van der Waals surface area contributed by atoms with Crippen LogP contribution in [-0.2, 0) is 19.1 Å². The van der Waals surface area contributed by atoms with Crippen molar-refractivity contribution in [2.75, 3.05) is 32.2 Å². The summed E-state index contributed by atoms with van der Waals surface area (Å²) in [6.07, 6.45) is 2.03. The number of hydrogen-bond donors (Lipinski definition) is 3. The van der Waals surface area contributed by atoms with Crippen LogP contribution in [0.3, 0.4) is 0 Å². The summed E-state index contributed by atoms with van der Waals surface area (Å²) < 4.78 is 16.2. The van der Waals surface area contributed by atoms with Crippen molar-refractivity contribution in [3.05, 3.63) is 52.0 Å². The number of halogens is 2. The molecule has 0 radical (unpaired) electrons. The van der Waals surface area contributed by atoms with E-state index in [-0.39, 0.29) is 12.7 Å². The third kappa shape index (κ3) is 10.5. The summed E-state index contributed by atoms with van der Waals surface area (Å²) in [5, 5.41) is 9.69. The van der Waals surface area contributed by atoms with E-state index in [4.69, 9.17) is 37.4 Å². The lowest BCUT2D eigenvalue weighted by Crippen LogP contribution is -2.38. The molecule has 0 aliphatic heterocycles. The van der Waals surface area contributed by atoms with Crippen molar-refractivity contribution < 1.29 is 28.6 Å². The van der Waals surface area contributed by atoms with Gasteiger partial charge in [-0.25, -0.2) is 5.43 Å². The van der Waals surface area contributed by atoms with E-state index in [0.29, 0.717) is 52.4 Å². The van der Waals surface area contributed by atoms with Crippen LogP contribution in [-0.4, -0.2) is 56.9 Å². The normalized spacial score (nSPS) is 10.8. The van der Waals surface area contributed by atoms with Crippen molar-refractivity contribution in [1.29, 1.82) is 0 Å². The van der Waals surface area contributed by atoms with Crippen LogP contribution >= 0.6 is 23.2 Å². The molecule has 2 aromatic carbocycles. The van der Waals surface area contributed by atoms with Crippen molar-refractivity contribution in [2.45, 2.75) is 26.4 Å². The molecule has 0 heterocycles. The molecule has 0 fully saturated rings. The largest absolute Gasteiger partial charge is 0.493 e. The van der Waals surface area contributed by atoms with Crippen LogP contribution < -0.4 is 25.5 Å². The van der Waals surface area contributed by atoms with Crippen molar-refractivity contribution in [3.8, 4) is 11.5 Å². The molecule has 0 saturated heterocycles. The van der Waals surface area contributed by atoms with Crippen LogP contribution in [0, 0.1) is 0 Å². The van der Waals surface area contributed by atoms with Gasteiger partial charge in [-0.3, -0.25) is 14.4 Å². The molecule has 0 atom stereocenters. The van der Waals surface area contributed by atoms with Crippen LogP contribution in [0.15, 0.2) is 41.5 Å². The number of nitrogens with one attached hydrogen (secondary N) is 3. The third-order valence-corrected chi connectivity index (χ3v) is 4.77. The van der Waals surface area contributed by atoms with Gasteiger partial charge < -0.3 is 24.8 Å². The number of benzene rings is 2. The Labute approximate surface area is 219 Å². The van der Waals surface area contributed by atoms with E-state index in [1.807, 2.05) is 13.8 Å².